The van der Waals surface area contributed by atoms with Gasteiger partial charge in [-0.3, -0.25) is 9.59 Å². The third-order valence-electron chi connectivity index (χ3n) is 4.61. The summed E-state index contributed by atoms with van der Waals surface area (Å²) < 4.78 is 5.60. The van der Waals surface area contributed by atoms with E-state index < -0.39 is 0 Å². The zero-order valence-corrected chi connectivity index (χ0v) is 17.1. The average Bonchev–Trinajstić information content (AvgIpc) is 2.67. The Morgan fingerprint density at radius 3 is 2.74 bits per heavy atom. The lowest BCUT2D eigenvalue weighted by Crippen LogP contribution is -2.47. The van der Waals surface area contributed by atoms with Crippen LogP contribution in [0.5, 0.6) is 5.75 Å². The smallest absolute Gasteiger partial charge is 0.226 e. The average molecular weight is 398 g/mol. The van der Waals surface area contributed by atoms with Crippen molar-refractivity contribution in [1.82, 2.24) is 15.5 Å². The van der Waals surface area contributed by atoms with E-state index in [0.717, 1.165) is 31.7 Å². The van der Waals surface area contributed by atoms with Gasteiger partial charge in [0.15, 0.2) is 0 Å². The molecule has 0 bridgehead atoms. The molecule has 0 saturated carbocycles. The first-order valence-corrected chi connectivity index (χ1v) is 9.57. The highest BCUT2D eigenvalue weighted by atomic mass is 35.5. The Hall–Kier alpha value is -1.79. The monoisotopic (exact) mass is 397 g/mol. The van der Waals surface area contributed by atoms with Crippen molar-refractivity contribution in [3.8, 4) is 5.75 Å². The van der Waals surface area contributed by atoms with Crippen LogP contribution in [0.15, 0.2) is 30.3 Å². The lowest BCUT2D eigenvalue weighted by molar-refractivity contribution is -0.136. The normalized spacial score (nSPS) is 17.6. The van der Waals surface area contributed by atoms with E-state index >= 15 is 0 Å². The Labute approximate surface area is 168 Å². The van der Waals surface area contributed by atoms with Crippen LogP contribution in [0.2, 0.25) is 0 Å². The summed E-state index contributed by atoms with van der Waals surface area (Å²) in [6.45, 7) is 7.18. The van der Waals surface area contributed by atoms with Crippen LogP contribution < -0.4 is 15.4 Å². The van der Waals surface area contributed by atoms with Gasteiger partial charge in [0.05, 0.1) is 18.9 Å². The Bertz CT molecular complexity index is 571. The van der Waals surface area contributed by atoms with Crippen molar-refractivity contribution in [1.29, 1.82) is 0 Å². The maximum atomic E-state index is 12.4. The first kappa shape index (κ1) is 23.2. The first-order valence-electron chi connectivity index (χ1n) is 9.57. The van der Waals surface area contributed by atoms with Crippen LogP contribution >= 0.6 is 12.4 Å². The fourth-order valence-electron chi connectivity index (χ4n) is 3.17. The van der Waals surface area contributed by atoms with Gasteiger partial charge in [0.2, 0.25) is 11.8 Å². The molecule has 1 unspecified atom stereocenters. The van der Waals surface area contributed by atoms with Gasteiger partial charge in [0.25, 0.3) is 0 Å². The van der Waals surface area contributed by atoms with Crippen molar-refractivity contribution >= 4 is 24.2 Å². The van der Waals surface area contributed by atoms with Gasteiger partial charge in [-0.05, 0) is 38.4 Å². The summed E-state index contributed by atoms with van der Waals surface area (Å²) in [6.07, 6.45) is 2.04. The Morgan fingerprint density at radius 2 is 2.04 bits per heavy atom. The second-order valence-corrected chi connectivity index (χ2v) is 6.79. The number of halogens is 1. The zero-order chi connectivity index (χ0) is 18.8. The molecule has 1 heterocycles. The number of likely N-dealkylation sites (tertiary alicyclic amines) is 1. The standard InChI is InChI=1S/C20H31N3O3.ClH/c1-3-21-16(2)14-22-20(25)17-8-7-12-23(15-17)19(24)11-13-26-18-9-5-4-6-10-18;/h4-6,9-10,16-17,21H,3,7-8,11-15H2,1-2H3,(H,22,25);1H/t16-,17?;/m1./s1. The molecule has 0 radical (unpaired) electrons. The van der Waals surface area contributed by atoms with Crippen molar-refractivity contribution in [2.75, 3.05) is 32.8 Å². The number of hydrogen-bond acceptors (Lipinski definition) is 4. The predicted octanol–water partition coefficient (Wildman–Crippen LogP) is 2.23. The zero-order valence-electron chi connectivity index (χ0n) is 16.3. The lowest BCUT2D eigenvalue weighted by Gasteiger charge is -2.32. The molecular weight excluding hydrogens is 366 g/mol. The summed E-state index contributed by atoms with van der Waals surface area (Å²) in [5.41, 5.74) is 0. The third-order valence-corrected chi connectivity index (χ3v) is 4.61. The summed E-state index contributed by atoms with van der Waals surface area (Å²) >= 11 is 0. The molecule has 2 rings (SSSR count). The van der Waals surface area contributed by atoms with Crippen molar-refractivity contribution in [2.24, 2.45) is 5.92 Å². The number of likely N-dealkylation sites (N-methyl/N-ethyl adjacent to an activating group) is 1. The van der Waals surface area contributed by atoms with E-state index in [1.807, 2.05) is 44.2 Å². The molecule has 1 aromatic rings. The quantitative estimate of drug-likeness (QED) is 0.670. The number of hydrogen-bond donors (Lipinski definition) is 2. The molecule has 2 amide bonds. The van der Waals surface area contributed by atoms with E-state index in [-0.39, 0.29) is 36.2 Å². The number of para-hydroxylation sites is 1. The predicted molar refractivity (Wildman–Crippen MR) is 109 cm³/mol. The summed E-state index contributed by atoms with van der Waals surface area (Å²) in [5, 5.41) is 6.27. The first-order chi connectivity index (χ1) is 12.6. The number of piperidine rings is 1. The van der Waals surface area contributed by atoms with E-state index in [1.165, 1.54) is 0 Å². The molecule has 1 saturated heterocycles. The van der Waals surface area contributed by atoms with Gasteiger partial charge < -0.3 is 20.3 Å². The molecule has 7 heteroatoms. The molecule has 1 aromatic carbocycles. The van der Waals surface area contributed by atoms with E-state index in [2.05, 4.69) is 10.6 Å². The van der Waals surface area contributed by atoms with Crippen molar-refractivity contribution in [3.63, 3.8) is 0 Å². The minimum atomic E-state index is -0.114. The van der Waals surface area contributed by atoms with Gasteiger partial charge in [-0.25, -0.2) is 0 Å². The van der Waals surface area contributed by atoms with E-state index in [0.29, 0.717) is 26.1 Å². The number of nitrogens with zero attached hydrogens (tertiary/aromatic N) is 1. The lowest BCUT2D eigenvalue weighted by atomic mass is 9.96. The van der Waals surface area contributed by atoms with Crippen molar-refractivity contribution in [3.05, 3.63) is 30.3 Å². The largest absolute Gasteiger partial charge is 0.493 e. The number of rotatable bonds is 9. The molecule has 152 valence electrons. The number of nitrogens with one attached hydrogen (secondary N) is 2. The summed E-state index contributed by atoms with van der Waals surface area (Å²) in [7, 11) is 0. The Balaban J connectivity index is 0.00000364. The maximum absolute atomic E-state index is 12.4. The third kappa shape index (κ3) is 8.18. The van der Waals surface area contributed by atoms with Crippen LogP contribution in [0, 0.1) is 5.92 Å². The van der Waals surface area contributed by atoms with Gasteiger partial charge in [0, 0.05) is 25.7 Å². The molecule has 27 heavy (non-hydrogen) atoms. The minimum Gasteiger partial charge on any atom is -0.493 e. The fourth-order valence-corrected chi connectivity index (χ4v) is 3.17. The highest BCUT2D eigenvalue weighted by molar-refractivity contribution is 5.85. The SMILES string of the molecule is CCN[C@H](C)CNC(=O)C1CCCN(C(=O)CCOc2ccccc2)C1.Cl. The van der Waals surface area contributed by atoms with Gasteiger partial charge in [-0.15, -0.1) is 12.4 Å². The van der Waals surface area contributed by atoms with Gasteiger partial charge in [-0.2, -0.15) is 0 Å². The Morgan fingerprint density at radius 1 is 1.30 bits per heavy atom. The van der Waals surface area contributed by atoms with Crippen LogP contribution in [-0.2, 0) is 9.59 Å². The van der Waals surface area contributed by atoms with Crippen LogP contribution in [0.3, 0.4) is 0 Å². The van der Waals surface area contributed by atoms with Crippen molar-refractivity contribution < 1.29 is 14.3 Å². The van der Waals surface area contributed by atoms with E-state index in [1.54, 1.807) is 4.90 Å². The Kier molecular flexibility index (Phi) is 10.8. The highest BCUT2D eigenvalue weighted by Crippen LogP contribution is 2.18. The summed E-state index contributed by atoms with van der Waals surface area (Å²) in [4.78, 5) is 26.6. The molecule has 1 aliphatic heterocycles. The molecule has 1 fully saturated rings. The number of amides is 2. The molecule has 6 nitrogen and oxygen atoms in total. The number of ether oxygens (including phenoxy) is 1. The molecule has 2 N–H and O–H groups in total. The molecule has 0 aliphatic carbocycles. The van der Waals surface area contributed by atoms with E-state index in [9.17, 15) is 9.59 Å². The van der Waals surface area contributed by atoms with Crippen molar-refractivity contribution in [2.45, 2.75) is 39.2 Å². The van der Waals surface area contributed by atoms with Crippen LogP contribution in [0.4, 0.5) is 0 Å². The topological polar surface area (TPSA) is 70.7 Å². The number of benzene rings is 1. The number of carbonyl (C=O) groups is 2. The van der Waals surface area contributed by atoms with E-state index in [4.69, 9.17) is 4.74 Å². The molecule has 1 aliphatic rings. The summed E-state index contributed by atoms with van der Waals surface area (Å²) in [5.74, 6) is 0.759. The van der Waals surface area contributed by atoms with Crippen LogP contribution in [0.25, 0.3) is 0 Å². The van der Waals surface area contributed by atoms with Crippen LogP contribution in [0.1, 0.15) is 33.1 Å². The highest BCUT2D eigenvalue weighted by Gasteiger charge is 2.28. The molecule has 2 atom stereocenters. The van der Waals surface area contributed by atoms with Crippen LogP contribution in [-0.4, -0.2) is 55.5 Å². The molecular formula is C20H32ClN3O3. The fraction of sp³-hybridized carbons (Fsp3) is 0.600. The number of carbonyl (C=O) groups excluding carboxylic acids is 2. The second kappa shape index (κ2) is 12.6. The molecule has 0 aromatic heterocycles. The second-order valence-electron chi connectivity index (χ2n) is 6.79. The minimum absolute atomic E-state index is 0. The summed E-state index contributed by atoms with van der Waals surface area (Å²) in [6, 6.07) is 9.74. The van der Waals surface area contributed by atoms with Gasteiger partial charge >= 0.3 is 0 Å². The van der Waals surface area contributed by atoms with Gasteiger partial charge in [0.1, 0.15) is 5.75 Å². The maximum Gasteiger partial charge on any atom is 0.226 e. The van der Waals surface area contributed by atoms with Gasteiger partial charge in [-0.1, -0.05) is 25.1 Å². The molecule has 0 spiro atoms.